The second kappa shape index (κ2) is 6.41. The Hall–Kier alpha value is -2.95. The number of hydrogen-bond donors (Lipinski definition) is 2. The van der Waals surface area contributed by atoms with Gasteiger partial charge < -0.3 is 19.7 Å². The van der Waals surface area contributed by atoms with Crippen molar-refractivity contribution in [1.82, 2.24) is 9.88 Å². The van der Waals surface area contributed by atoms with Gasteiger partial charge in [-0.15, -0.1) is 0 Å². The normalized spacial score (nSPS) is 16.5. The SMILES string of the molecule is CCC(=O)N1CCc2c([nH]c3ccc(OC)cc23)C1c1cccc(O)c1. The summed E-state index contributed by atoms with van der Waals surface area (Å²) >= 11 is 0. The Bertz CT molecular complexity index is 977. The summed E-state index contributed by atoms with van der Waals surface area (Å²) < 4.78 is 5.38. The number of aromatic amines is 1. The zero-order valence-corrected chi connectivity index (χ0v) is 15.0. The third-order valence-electron chi connectivity index (χ3n) is 5.14. The first-order valence-corrected chi connectivity index (χ1v) is 8.89. The van der Waals surface area contributed by atoms with Gasteiger partial charge in [-0.25, -0.2) is 0 Å². The van der Waals surface area contributed by atoms with Gasteiger partial charge in [-0.2, -0.15) is 0 Å². The number of carbonyl (C=O) groups excluding carboxylic acids is 1. The van der Waals surface area contributed by atoms with E-state index in [1.165, 1.54) is 5.56 Å². The number of methoxy groups -OCH3 is 1. The van der Waals surface area contributed by atoms with E-state index in [-0.39, 0.29) is 17.7 Å². The first kappa shape index (κ1) is 16.5. The number of nitrogens with one attached hydrogen (secondary N) is 1. The molecular formula is C21H22N2O3. The Labute approximate surface area is 152 Å². The van der Waals surface area contributed by atoms with Gasteiger partial charge in [0.25, 0.3) is 0 Å². The van der Waals surface area contributed by atoms with Crippen molar-refractivity contribution in [1.29, 1.82) is 0 Å². The number of ether oxygens (including phenoxy) is 1. The van der Waals surface area contributed by atoms with Crippen LogP contribution in [0.1, 0.15) is 36.2 Å². The Morgan fingerprint density at radius 2 is 2.15 bits per heavy atom. The molecule has 2 aromatic carbocycles. The Balaban J connectivity index is 1.92. The molecule has 3 aromatic rings. The Morgan fingerprint density at radius 1 is 1.31 bits per heavy atom. The van der Waals surface area contributed by atoms with Crippen molar-refractivity contribution in [3.8, 4) is 11.5 Å². The van der Waals surface area contributed by atoms with E-state index in [1.54, 1.807) is 19.2 Å². The maximum Gasteiger partial charge on any atom is 0.223 e. The smallest absolute Gasteiger partial charge is 0.223 e. The minimum absolute atomic E-state index is 0.111. The van der Waals surface area contributed by atoms with Crippen molar-refractivity contribution < 1.29 is 14.6 Å². The molecule has 0 bridgehead atoms. The average Bonchev–Trinajstić information content (AvgIpc) is 3.04. The predicted octanol–water partition coefficient (Wildman–Crippen LogP) is 3.77. The number of rotatable bonds is 3. The summed E-state index contributed by atoms with van der Waals surface area (Å²) in [6, 6.07) is 12.9. The van der Waals surface area contributed by atoms with Gasteiger partial charge in [-0.1, -0.05) is 19.1 Å². The van der Waals surface area contributed by atoms with E-state index < -0.39 is 0 Å². The third kappa shape index (κ3) is 2.60. The van der Waals surface area contributed by atoms with Gasteiger partial charge in [0.1, 0.15) is 11.5 Å². The first-order valence-electron chi connectivity index (χ1n) is 8.89. The lowest BCUT2D eigenvalue weighted by molar-refractivity contribution is -0.133. The fraction of sp³-hybridized carbons (Fsp3) is 0.286. The fourth-order valence-electron chi connectivity index (χ4n) is 3.91. The summed E-state index contributed by atoms with van der Waals surface area (Å²) in [4.78, 5) is 18.0. The van der Waals surface area contributed by atoms with Crippen molar-refractivity contribution in [2.75, 3.05) is 13.7 Å². The molecule has 1 aromatic heterocycles. The molecule has 5 nitrogen and oxygen atoms in total. The lowest BCUT2D eigenvalue weighted by atomic mass is 9.92. The predicted molar refractivity (Wildman–Crippen MR) is 101 cm³/mol. The summed E-state index contributed by atoms with van der Waals surface area (Å²) in [5.41, 5.74) is 4.18. The number of hydrogen-bond acceptors (Lipinski definition) is 3. The summed E-state index contributed by atoms with van der Waals surface area (Å²) in [5.74, 6) is 1.14. The zero-order valence-electron chi connectivity index (χ0n) is 15.0. The summed E-state index contributed by atoms with van der Waals surface area (Å²) in [6.45, 7) is 2.54. The van der Waals surface area contributed by atoms with Crippen molar-refractivity contribution in [2.45, 2.75) is 25.8 Å². The van der Waals surface area contributed by atoms with E-state index in [9.17, 15) is 9.90 Å². The van der Waals surface area contributed by atoms with Crippen LogP contribution in [0, 0.1) is 0 Å². The van der Waals surface area contributed by atoms with Crippen LogP contribution in [0.15, 0.2) is 42.5 Å². The van der Waals surface area contributed by atoms with Crippen LogP contribution in [0.2, 0.25) is 0 Å². The minimum atomic E-state index is -0.225. The molecule has 2 heterocycles. The molecule has 1 amide bonds. The van der Waals surface area contributed by atoms with E-state index in [0.29, 0.717) is 13.0 Å². The van der Waals surface area contributed by atoms with Crippen molar-refractivity contribution in [3.05, 3.63) is 59.3 Å². The Morgan fingerprint density at radius 3 is 2.88 bits per heavy atom. The molecule has 0 spiro atoms. The molecule has 134 valence electrons. The van der Waals surface area contributed by atoms with Crippen LogP contribution in [0.4, 0.5) is 0 Å². The number of aromatic hydroxyl groups is 1. The molecule has 0 aliphatic carbocycles. The molecule has 1 unspecified atom stereocenters. The number of benzene rings is 2. The zero-order chi connectivity index (χ0) is 18.3. The highest BCUT2D eigenvalue weighted by Gasteiger charge is 2.34. The number of phenolic OH excluding ortho intramolecular Hbond substituents is 1. The average molecular weight is 350 g/mol. The van der Waals surface area contributed by atoms with E-state index in [4.69, 9.17) is 4.74 Å². The summed E-state index contributed by atoms with van der Waals surface area (Å²) in [7, 11) is 1.66. The van der Waals surface area contributed by atoms with Crippen LogP contribution in [0.5, 0.6) is 11.5 Å². The van der Waals surface area contributed by atoms with Gasteiger partial charge in [0.05, 0.1) is 13.2 Å². The molecule has 4 rings (SSSR count). The monoisotopic (exact) mass is 350 g/mol. The minimum Gasteiger partial charge on any atom is -0.508 e. The second-order valence-electron chi connectivity index (χ2n) is 6.62. The first-order chi connectivity index (χ1) is 12.6. The number of fused-ring (bicyclic) bond motifs is 3. The van der Waals surface area contributed by atoms with Crippen LogP contribution in [0.25, 0.3) is 10.9 Å². The molecule has 1 aliphatic heterocycles. The number of amides is 1. The molecule has 5 heteroatoms. The maximum atomic E-state index is 12.6. The molecule has 0 saturated heterocycles. The summed E-state index contributed by atoms with van der Waals surface area (Å²) in [6.07, 6.45) is 1.25. The van der Waals surface area contributed by atoms with Crippen LogP contribution in [-0.4, -0.2) is 34.6 Å². The van der Waals surface area contributed by atoms with Crippen molar-refractivity contribution in [3.63, 3.8) is 0 Å². The third-order valence-corrected chi connectivity index (χ3v) is 5.14. The van der Waals surface area contributed by atoms with E-state index >= 15 is 0 Å². The summed E-state index contributed by atoms with van der Waals surface area (Å²) in [5, 5.41) is 11.1. The lowest BCUT2D eigenvalue weighted by Crippen LogP contribution is -2.40. The van der Waals surface area contributed by atoms with Gasteiger partial charge in [0, 0.05) is 29.6 Å². The van der Waals surface area contributed by atoms with Gasteiger partial charge >= 0.3 is 0 Å². The molecule has 0 radical (unpaired) electrons. The number of phenols is 1. The number of aromatic nitrogens is 1. The highest BCUT2D eigenvalue weighted by molar-refractivity contribution is 5.87. The molecule has 26 heavy (non-hydrogen) atoms. The van der Waals surface area contributed by atoms with Gasteiger partial charge in [-0.3, -0.25) is 4.79 Å². The van der Waals surface area contributed by atoms with Gasteiger partial charge in [0.15, 0.2) is 0 Å². The topological polar surface area (TPSA) is 65.6 Å². The van der Waals surface area contributed by atoms with Gasteiger partial charge in [0.2, 0.25) is 5.91 Å². The van der Waals surface area contributed by atoms with Crippen molar-refractivity contribution in [2.24, 2.45) is 0 Å². The van der Waals surface area contributed by atoms with E-state index in [1.807, 2.05) is 42.2 Å². The lowest BCUT2D eigenvalue weighted by Gasteiger charge is -2.36. The quantitative estimate of drug-likeness (QED) is 0.756. The van der Waals surface area contributed by atoms with Crippen molar-refractivity contribution >= 4 is 16.8 Å². The van der Waals surface area contributed by atoms with Crippen LogP contribution in [0.3, 0.4) is 0 Å². The van der Waals surface area contributed by atoms with E-state index in [2.05, 4.69) is 4.98 Å². The molecule has 1 aliphatic rings. The number of carbonyl (C=O) groups is 1. The molecule has 0 fully saturated rings. The largest absolute Gasteiger partial charge is 0.508 e. The number of nitrogens with zero attached hydrogens (tertiary/aromatic N) is 1. The fourth-order valence-corrected chi connectivity index (χ4v) is 3.91. The Kier molecular flexibility index (Phi) is 4.07. The highest BCUT2D eigenvalue weighted by Crippen LogP contribution is 2.40. The molecule has 1 atom stereocenters. The van der Waals surface area contributed by atoms with Gasteiger partial charge in [-0.05, 0) is 47.9 Å². The van der Waals surface area contributed by atoms with Crippen LogP contribution < -0.4 is 4.74 Å². The van der Waals surface area contributed by atoms with Crippen LogP contribution in [-0.2, 0) is 11.2 Å². The van der Waals surface area contributed by atoms with Crippen LogP contribution >= 0.6 is 0 Å². The number of H-pyrrole nitrogens is 1. The van der Waals surface area contributed by atoms with E-state index in [0.717, 1.165) is 34.3 Å². The molecular weight excluding hydrogens is 328 g/mol. The molecule has 0 saturated carbocycles. The maximum absolute atomic E-state index is 12.6. The highest BCUT2D eigenvalue weighted by atomic mass is 16.5. The molecule has 2 N–H and O–H groups in total. The standard InChI is InChI=1S/C21H22N2O3/c1-3-19(25)23-10-9-16-17-12-15(26-2)7-8-18(17)22-20(16)21(23)13-5-4-6-14(24)11-13/h4-8,11-12,21-22,24H,3,9-10H2,1-2H3. The second-order valence-corrected chi connectivity index (χ2v) is 6.62.